The molecule has 3 rings (SSSR count). The normalized spacial score (nSPS) is 31.9. The summed E-state index contributed by atoms with van der Waals surface area (Å²) in [5.41, 5.74) is 1.58. The average molecular weight is 292 g/mol. The third-order valence-corrected chi connectivity index (χ3v) is 6.38. The lowest BCUT2D eigenvalue weighted by Crippen LogP contribution is -2.36. The van der Waals surface area contributed by atoms with Crippen molar-refractivity contribution >= 4 is 17.2 Å². The van der Waals surface area contributed by atoms with Crippen LogP contribution in [0.2, 0.25) is 0 Å². The summed E-state index contributed by atoms with van der Waals surface area (Å²) < 4.78 is 0. The minimum atomic E-state index is -0.0351. The van der Waals surface area contributed by atoms with E-state index in [1.54, 1.807) is 11.3 Å². The minimum absolute atomic E-state index is 0.0351. The van der Waals surface area contributed by atoms with Crippen molar-refractivity contribution in [3.8, 4) is 0 Å². The fourth-order valence-electron chi connectivity index (χ4n) is 3.76. The van der Waals surface area contributed by atoms with Gasteiger partial charge in [0, 0.05) is 6.04 Å². The molecule has 1 aliphatic heterocycles. The molecular formula is C16H24N2OS. The molecule has 1 saturated heterocycles. The number of nitrogens with zero attached hydrogens (tertiary/aromatic N) is 1. The van der Waals surface area contributed by atoms with Gasteiger partial charge in [0.15, 0.2) is 0 Å². The summed E-state index contributed by atoms with van der Waals surface area (Å²) in [5.74, 6) is 0.271. The number of rotatable bonds is 3. The Hall–Kier alpha value is -0.870. The molecule has 1 saturated carbocycles. The van der Waals surface area contributed by atoms with Gasteiger partial charge in [-0.2, -0.15) is 11.3 Å². The van der Waals surface area contributed by atoms with Crippen molar-refractivity contribution in [2.75, 3.05) is 0 Å². The van der Waals surface area contributed by atoms with Crippen LogP contribution in [0.25, 0.3) is 0 Å². The van der Waals surface area contributed by atoms with Crippen molar-refractivity contribution in [3.05, 3.63) is 22.4 Å². The summed E-state index contributed by atoms with van der Waals surface area (Å²) in [5, 5.41) is 7.76. The molecule has 0 spiro atoms. The molecule has 3 nitrogen and oxygen atoms in total. The van der Waals surface area contributed by atoms with Crippen molar-refractivity contribution < 1.29 is 4.79 Å². The van der Waals surface area contributed by atoms with E-state index < -0.39 is 0 Å². The van der Waals surface area contributed by atoms with Crippen molar-refractivity contribution in [1.29, 1.82) is 0 Å². The number of thiophene rings is 1. The summed E-state index contributed by atoms with van der Waals surface area (Å²) in [4.78, 5) is 14.9. The highest BCUT2D eigenvalue weighted by Crippen LogP contribution is 2.66. The van der Waals surface area contributed by atoms with E-state index in [1.165, 1.54) is 5.56 Å². The van der Waals surface area contributed by atoms with Gasteiger partial charge in [-0.1, -0.05) is 34.6 Å². The molecule has 0 bridgehead atoms. The number of amides is 1. The Morgan fingerprint density at radius 1 is 1.30 bits per heavy atom. The third kappa shape index (κ3) is 1.70. The van der Waals surface area contributed by atoms with E-state index in [0.717, 1.165) is 6.42 Å². The van der Waals surface area contributed by atoms with Gasteiger partial charge >= 0.3 is 0 Å². The number of carbonyl (C=O) groups is 1. The summed E-state index contributed by atoms with van der Waals surface area (Å²) in [6.07, 6.45) is 0.897. The first-order chi connectivity index (χ1) is 9.32. The molecule has 1 N–H and O–H groups in total. The summed E-state index contributed by atoms with van der Waals surface area (Å²) in [7, 11) is 0. The lowest BCUT2D eigenvalue weighted by Gasteiger charge is -2.26. The first-order valence-corrected chi connectivity index (χ1v) is 8.37. The Morgan fingerprint density at radius 3 is 2.40 bits per heavy atom. The molecule has 2 aliphatic rings. The first kappa shape index (κ1) is 14.1. The predicted molar refractivity (Wildman–Crippen MR) is 82.5 cm³/mol. The highest BCUT2D eigenvalue weighted by atomic mass is 32.1. The first-order valence-electron chi connectivity index (χ1n) is 7.42. The van der Waals surface area contributed by atoms with E-state index in [1.807, 2.05) is 0 Å². The van der Waals surface area contributed by atoms with Crippen LogP contribution in [0, 0.1) is 10.8 Å². The van der Waals surface area contributed by atoms with E-state index in [0.29, 0.717) is 6.04 Å². The van der Waals surface area contributed by atoms with Gasteiger partial charge in [0.25, 0.3) is 0 Å². The molecule has 1 amide bonds. The molecule has 1 aromatic rings. The van der Waals surface area contributed by atoms with Crippen LogP contribution < -0.4 is 5.32 Å². The van der Waals surface area contributed by atoms with Crippen molar-refractivity contribution in [3.63, 3.8) is 0 Å². The van der Waals surface area contributed by atoms with E-state index >= 15 is 0 Å². The Balaban J connectivity index is 1.96. The zero-order chi connectivity index (χ0) is 14.7. The van der Waals surface area contributed by atoms with Gasteiger partial charge in [-0.15, -0.1) is 0 Å². The molecule has 4 heteroatoms. The molecular weight excluding hydrogens is 268 g/mol. The van der Waals surface area contributed by atoms with Crippen LogP contribution in [0.1, 0.15) is 52.8 Å². The number of hydrogen-bond donors (Lipinski definition) is 1. The van der Waals surface area contributed by atoms with Crippen LogP contribution >= 0.6 is 11.3 Å². The molecule has 0 aromatic carbocycles. The van der Waals surface area contributed by atoms with Gasteiger partial charge in [-0.05, 0) is 39.6 Å². The van der Waals surface area contributed by atoms with Gasteiger partial charge in [-0.25, -0.2) is 0 Å². The second-order valence-electron chi connectivity index (χ2n) is 7.18. The zero-order valence-electron chi connectivity index (χ0n) is 12.9. The number of nitrogens with one attached hydrogen (secondary N) is 1. The molecule has 2 unspecified atom stereocenters. The molecule has 1 aliphatic carbocycles. The Morgan fingerprint density at radius 2 is 1.95 bits per heavy atom. The van der Waals surface area contributed by atoms with Crippen LogP contribution in [0.4, 0.5) is 0 Å². The molecule has 110 valence electrons. The summed E-state index contributed by atoms with van der Waals surface area (Å²) in [6, 6.07) is 2.41. The maximum Gasteiger partial charge on any atom is 0.241 e. The molecule has 2 fully saturated rings. The number of carbonyl (C=O) groups excluding carboxylic acids is 1. The topological polar surface area (TPSA) is 32.3 Å². The SMILES string of the molecule is CCC1NC(c2ccsc2)N(C2C(C)(C)C2(C)C)C1=O. The maximum atomic E-state index is 12.8. The van der Waals surface area contributed by atoms with E-state index in [2.05, 4.69) is 61.7 Å². The molecule has 1 aromatic heterocycles. The minimum Gasteiger partial charge on any atom is -0.317 e. The highest BCUT2D eigenvalue weighted by Gasteiger charge is 2.70. The monoisotopic (exact) mass is 292 g/mol. The van der Waals surface area contributed by atoms with Crippen molar-refractivity contribution in [1.82, 2.24) is 10.2 Å². The van der Waals surface area contributed by atoms with Crippen LogP contribution in [0.15, 0.2) is 16.8 Å². The van der Waals surface area contributed by atoms with Gasteiger partial charge < -0.3 is 4.90 Å². The zero-order valence-corrected chi connectivity index (χ0v) is 13.8. The molecule has 2 heterocycles. The third-order valence-electron chi connectivity index (χ3n) is 5.68. The van der Waals surface area contributed by atoms with E-state index in [4.69, 9.17) is 0 Å². The summed E-state index contributed by atoms with van der Waals surface area (Å²) >= 11 is 1.69. The Kier molecular flexibility index (Phi) is 3.04. The Labute approximate surface area is 125 Å². The fraction of sp³-hybridized carbons (Fsp3) is 0.688. The van der Waals surface area contributed by atoms with Gasteiger partial charge in [0.2, 0.25) is 5.91 Å². The predicted octanol–water partition coefficient (Wildman–Crippen LogP) is 3.39. The van der Waals surface area contributed by atoms with Crippen LogP contribution in [0.3, 0.4) is 0 Å². The second kappa shape index (κ2) is 4.31. The van der Waals surface area contributed by atoms with Crippen LogP contribution in [0.5, 0.6) is 0 Å². The van der Waals surface area contributed by atoms with Crippen molar-refractivity contribution in [2.24, 2.45) is 10.8 Å². The van der Waals surface area contributed by atoms with E-state index in [-0.39, 0.29) is 28.9 Å². The Bertz CT molecular complexity index is 507. The average Bonchev–Trinajstić information content (AvgIpc) is 2.85. The lowest BCUT2D eigenvalue weighted by molar-refractivity contribution is -0.131. The van der Waals surface area contributed by atoms with Crippen LogP contribution in [-0.2, 0) is 4.79 Å². The summed E-state index contributed by atoms with van der Waals surface area (Å²) in [6.45, 7) is 11.2. The van der Waals surface area contributed by atoms with Crippen LogP contribution in [-0.4, -0.2) is 22.9 Å². The standard InChI is InChI=1S/C16H24N2OS/c1-6-11-13(19)18(14-15(2,3)16(14,4)5)12(17-11)10-7-8-20-9-10/h7-9,11-12,14,17H,6H2,1-5H3. The van der Waals surface area contributed by atoms with Gasteiger partial charge in [0.1, 0.15) is 6.17 Å². The number of hydrogen-bond acceptors (Lipinski definition) is 3. The largest absolute Gasteiger partial charge is 0.317 e. The fourth-order valence-corrected chi connectivity index (χ4v) is 4.44. The smallest absolute Gasteiger partial charge is 0.241 e. The van der Waals surface area contributed by atoms with Gasteiger partial charge in [0.05, 0.1) is 6.04 Å². The van der Waals surface area contributed by atoms with Gasteiger partial charge in [-0.3, -0.25) is 10.1 Å². The molecule has 0 radical (unpaired) electrons. The quantitative estimate of drug-likeness (QED) is 0.926. The van der Waals surface area contributed by atoms with Crippen molar-refractivity contribution in [2.45, 2.75) is 59.3 Å². The highest BCUT2D eigenvalue weighted by molar-refractivity contribution is 7.07. The molecule has 20 heavy (non-hydrogen) atoms. The second-order valence-corrected chi connectivity index (χ2v) is 7.96. The molecule has 2 atom stereocenters. The maximum absolute atomic E-state index is 12.8. The van der Waals surface area contributed by atoms with E-state index in [9.17, 15) is 4.79 Å². The lowest BCUT2D eigenvalue weighted by atomic mass is 10.0.